The van der Waals surface area contributed by atoms with E-state index in [-0.39, 0.29) is 10.6 Å². The summed E-state index contributed by atoms with van der Waals surface area (Å²) in [6.45, 7) is 2.21. The zero-order chi connectivity index (χ0) is 11.5. The van der Waals surface area contributed by atoms with Crippen LogP contribution in [0.5, 0.6) is 11.5 Å². The molecule has 0 spiro atoms. The lowest BCUT2D eigenvalue weighted by atomic mass is 10.3. The Bertz CT molecular complexity index is 441. The highest BCUT2D eigenvalue weighted by molar-refractivity contribution is 8.13. The molecule has 0 unspecified atom stereocenters. The number of para-hydroxylation sites is 1. The van der Waals surface area contributed by atoms with Crippen molar-refractivity contribution in [3.8, 4) is 11.5 Å². The van der Waals surface area contributed by atoms with Crippen molar-refractivity contribution in [2.24, 2.45) is 0 Å². The van der Waals surface area contributed by atoms with E-state index in [0.717, 1.165) is 0 Å². The van der Waals surface area contributed by atoms with E-state index in [1.807, 2.05) is 0 Å². The standard InChI is InChI=1S/C9H11ClO4S/c1-3-14-7-5-4-6-8(9(7)13-2)15(10,11)12/h4-6H,3H2,1-2H3. The van der Waals surface area contributed by atoms with Gasteiger partial charge in [0.25, 0.3) is 9.05 Å². The summed E-state index contributed by atoms with van der Waals surface area (Å²) in [5, 5.41) is 0. The molecule has 0 heterocycles. The summed E-state index contributed by atoms with van der Waals surface area (Å²) >= 11 is 0. The van der Waals surface area contributed by atoms with E-state index in [1.165, 1.54) is 13.2 Å². The van der Waals surface area contributed by atoms with Crippen LogP contribution in [0.4, 0.5) is 0 Å². The van der Waals surface area contributed by atoms with Crippen LogP contribution in [0.2, 0.25) is 0 Å². The molecule has 4 nitrogen and oxygen atoms in total. The van der Waals surface area contributed by atoms with Gasteiger partial charge in [0.05, 0.1) is 13.7 Å². The molecular weight excluding hydrogens is 240 g/mol. The molecule has 1 aromatic rings. The fourth-order valence-electron chi connectivity index (χ4n) is 1.16. The van der Waals surface area contributed by atoms with Gasteiger partial charge >= 0.3 is 0 Å². The van der Waals surface area contributed by atoms with Gasteiger partial charge < -0.3 is 9.47 Å². The molecule has 15 heavy (non-hydrogen) atoms. The lowest BCUT2D eigenvalue weighted by Gasteiger charge is -2.11. The Balaban J connectivity index is 3.35. The molecule has 0 fully saturated rings. The highest BCUT2D eigenvalue weighted by atomic mass is 35.7. The zero-order valence-electron chi connectivity index (χ0n) is 8.36. The average molecular weight is 251 g/mol. The Kier molecular flexibility index (Phi) is 3.82. The Labute approximate surface area is 93.2 Å². The van der Waals surface area contributed by atoms with Crippen molar-refractivity contribution in [1.82, 2.24) is 0 Å². The molecule has 0 saturated carbocycles. The van der Waals surface area contributed by atoms with Gasteiger partial charge in [-0.3, -0.25) is 0 Å². The van der Waals surface area contributed by atoms with Gasteiger partial charge in [0.1, 0.15) is 4.90 Å². The summed E-state index contributed by atoms with van der Waals surface area (Å²) in [6.07, 6.45) is 0. The van der Waals surface area contributed by atoms with E-state index in [9.17, 15) is 8.42 Å². The predicted octanol–water partition coefficient (Wildman–Crippen LogP) is 2.02. The molecule has 0 saturated heterocycles. The number of ether oxygens (including phenoxy) is 2. The van der Waals surface area contributed by atoms with Crippen LogP contribution >= 0.6 is 10.7 Å². The Morgan fingerprint density at radius 1 is 1.40 bits per heavy atom. The van der Waals surface area contributed by atoms with Crippen molar-refractivity contribution in [2.75, 3.05) is 13.7 Å². The second-order valence-electron chi connectivity index (χ2n) is 2.66. The normalized spacial score (nSPS) is 11.1. The zero-order valence-corrected chi connectivity index (χ0v) is 9.93. The van der Waals surface area contributed by atoms with Crippen LogP contribution in [0.25, 0.3) is 0 Å². The van der Waals surface area contributed by atoms with Crippen LogP contribution in [0.15, 0.2) is 23.1 Å². The monoisotopic (exact) mass is 250 g/mol. The van der Waals surface area contributed by atoms with Crippen molar-refractivity contribution in [1.29, 1.82) is 0 Å². The molecule has 0 aliphatic carbocycles. The number of hydrogen-bond acceptors (Lipinski definition) is 4. The molecule has 1 aromatic carbocycles. The van der Waals surface area contributed by atoms with Gasteiger partial charge in [-0.25, -0.2) is 8.42 Å². The Morgan fingerprint density at radius 3 is 2.53 bits per heavy atom. The van der Waals surface area contributed by atoms with E-state index >= 15 is 0 Å². The average Bonchev–Trinajstić information content (AvgIpc) is 2.16. The molecule has 0 aliphatic rings. The molecule has 84 valence electrons. The molecular formula is C9H11ClO4S. The van der Waals surface area contributed by atoms with Crippen LogP contribution in [0.1, 0.15) is 6.92 Å². The topological polar surface area (TPSA) is 52.6 Å². The lowest BCUT2D eigenvalue weighted by Crippen LogP contribution is -2.00. The van der Waals surface area contributed by atoms with Crippen molar-refractivity contribution in [2.45, 2.75) is 11.8 Å². The highest BCUT2D eigenvalue weighted by Crippen LogP contribution is 2.35. The summed E-state index contributed by atoms with van der Waals surface area (Å²) in [4.78, 5) is -0.0855. The first-order valence-corrected chi connectivity index (χ1v) is 6.56. The maximum atomic E-state index is 11.2. The minimum Gasteiger partial charge on any atom is -0.492 e. The van der Waals surface area contributed by atoms with Crippen LogP contribution in [0, 0.1) is 0 Å². The summed E-state index contributed by atoms with van der Waals surface area (Å²) in [5.74, 6) is 0.496. The lowest BCUT2D eigenvalue weighted by molar-refractivity contribution is 0.306. The quantitative estimate of drug-likeness (QED) is 0.768. The Hall–Kier alpha value is -0.940. The second kappa shape index (κ2) is 4.72. The van der Waals surface area contributed by atoms with Gasteiger partial charge in [-0.15, -0.1) is 0 Å². The summed E-state index contributed by atoms with van der Waals surface area (Å²) in [7, 11) is 2.80. The Morgan fingerprint density at radius 2 is 2.07 bits per heavy atom. The fourth-order valence-corrected chi connectivity index (χ4v) is 2.17. The number of hydrogen-bond donors (Lipinski definition) is 0. The molecule has 0 amide bonds. The third-order valence-corrected chi connectivity index (χ3v) is 3.05. The van der Waals surface area contributed by atoms with Gasteiger partial charge in [0, 0.05) is 10.7 Å². The van der Waals surface area contributed by atoms with Gasteiger partial charge in [-0.05, 0) is 19.1 Å². The van der Waals surface area contributed by atoms with E-state index < -0.39 is 9.05 Å². The molecule has 0 radical (unpaired) electrons. The van der Waals surface area contributed by atoms with Crippen LogP contribution in [0.3, 0.4) is 0 Å². The number of benzene rings is 1. The summed E-state index contributed by atoms with van der Waals surface area (Å²) in [6, 6.07) is 4.53. The molecule has 1 rings (SSSR count). The van der Waals surface area contributed by atoms with Crippen molar-refractivity contribution >= 4 is 19.7 Å². The molecule has 0 atom stereocenters. The maximum absolute atomic E-state index is 11.2. The van der Waals surface area contributed by atoms with Gasteiger partial charge in [-0.1, -0.05) is 6.07 Å². The van der Waals surface area contributed by atoms with Crippen molar-refractivity contribution in [3.63, 3.8) is 0 Å². The fraction of sp³-hybridized carbons (Fsp3) is 0.333. The third-order valence-electron chi connectivity index (χ3n) is 1.71. The number of methoxy groups -OCH3 is 1. The third kappa shape index (κ3) is 2.76. The molecule has 0 aliphatic heterocycles. The maximum Gasteiger partial charge on any atom is 0.265 e. The first kappa shape index (κ1) is 12.1. The van der Waals surface area contributed by atoms with Crippen molar-refractivity contribution < 1.29 is 17.9 Å². The molecule has 0 N–H and O–H groups in total. The summed E-state index contributed by atoms with van der Waals surface area (Å²) < 4.78 is 32.6. The SMILES string of the molecule is CCOc1cccc(S(=O)(=O)Cl)c1OC. The van der Waals surface area contributed by atoms with E-state index in [2.05, 4.69) is 0 Å². The smallest absolute Gasteiger partial charge is 0.265 e. The minimum absolute atomic E-state index is 0.0855. The van der Waals surface area contributed by atoms with Crippen LogP contribution in [-0.4, -0.2) is 22.1 Å². The van der Waals surface area contributed by atoms with Crippen molar-refractivity contribution in [3.05, 3.63) is 18.2 Å². The molecule has 0 bridgehead atoms. The van der Waals surface area contributed by atoms with Crippen LogP contribution in [-0.2, 0) is 9.05 Å². The van der Waals surface area contributed by atoms with Gasteiger partial charge in [-0.2, -0.15) is 0 Å². The number of rotatable bonds is 4. The minimum atomic E-state index is -3.82. The van der Waals surface area contributed by atoms with E-state index in [1.54, 1.807) is 19.1 Å². The van der Waals surface area contributed by atoms with Crippen LogP contribution < -0.4 is 9.47 Å². The largest absolute Gasteiger partial charge is 0.492 e. The highest BCUT2D eigenvalue weighted by Gasteiger charge is 2.19. The summed E-state index contributed by atoms with van der Waals surface area (Å²) in [5.41, 5.74) is 0. The van der Waals surface area contributed by atoms with Gasteiger partial charge in [0.2, 0.25) is 0 Å². The molecule has 0 aromatic heterocycles. The van der Waals surface area contributed by atoms with Gasteiger partial charge in [0.15, 0.2) is 11.5 Å². The van der Waals surface area contributed by atoms with E-state index in [0.29, 0.717) is 12.4 Å². The first-order valence-electron chi connectivity index (χ1n) is 4.25. The second-order valence-corrected chi connectivity index (χ2v) is 5.19. The molecule has 6 heteroatoms. The first-order chi connectivity index (χ1) is 7.00. The van der Waals surface area contributed by atoms with E-state index in [4.69, 9.17) is 20.2 Å². The predicted molar refractivity (Wildman–Crippen MR) is 57.2 cm³/mol. The number of halogens is 1.